The van der Waals surface area contributed by atoms with Crippen LogP contribution in [0.1, 0.15) is 23.8 Å². The highest BCUT2D eigenvalue weighted by Gasteiger charge is 2.11. The number of amides is 1. The highest BCUT2D eigenvalue weighted by Crippen LogP contribution is 2.17. The van der Waals surface area contributed by atoms with E-state index in [1.54, 1.807) is 34.2 Å². The van der Waals surface area contributed by atoms with Crippen LogP contribution in [0.15, 0.2) is 34.4 Å². The fraction of sp³-hybridized carbons (Fsp3) is 0.333. The molecule has 0 saturated heterocycles. The Kier molecular flexibility index (Phi) is 5.76. The molecule has 1 heterocycles. The van der Waals surface area contributed by atoms with Gasteiger partial charge in [-0.15, -0.1) is 0 Å². The summed E-state index contributed by atoms with van der Waals surface area (Å²) in [5.74, 6) is -0.210. The van der Waals surface area contributed by atoms with Gasteiger partial charge in [0.2, 0.25) is 5.91 Å². The molecule has 1 aromatic heterocycles. The van der Waals surface area contributed by atoms with Crippen LogP contribution in [0.5, 0.6) is 0 Å². The normalized spacial score (nSPS) is 12.1. The summed E-state index contributed by atoms with van der Waals surface area (Å²) in [5, 5.41) is 15.0. The van der Waals surface area contributed by atoms with Crippen molar-refractivity contribution in [2.45, 2.75) is 26.0 Å². The van der Waals surface area contributed by atoms with Crippen molar-refractivity contribution in [3.8, 4) is 0 Å². The van der Waals surface area contributed by atoms with E-state index in [2.05, 4.69) is 5.32 Å². The number of aromatic nitrogens is 1. The summed E-state index contributed by atoms with van der Waals surface area (Å²) in [7, 11) is 0. The minimum atomic E-state index is -0.812. The van der Waals surface area contributed by atoms with Gasteiger partial charge in [0.25, 0.3) is 0 Å². The smallest absolute Gasteiger partial charge is 0.307 e. The van der Waals surface area contributed by atoms with Gasteiger partial charge in [-0.2, -0.15) is 0 Å². The van der Waals surface area contributed by atoms with Crippen LogP contribution in [0, 0.1) is 6.92 Å². The first-order valence-electron chi connectivity index (χ1n) is 6.82. The molecule has 118 valence electrons. The van der Waals surface area contributed by atoms with Crippen molar-refractivity contribution in [3.63, 3.8) is 0 Å². The van der Waals surface area contributed by atoms with Crippen LogP contribution in [0.3, 0.4) is 0 Å². The highest BCUT2D eigenvalue weighted by molar-refractivity contribution is 7.07. The molecule has 2 aromatic rings. The van der Waals surface area contributed by atoms with E-state index in [1.165, 1.54) is 0 Å². The molecule has 0 fully saturated rings. The number of nitrogens with zero attached hydrogens (tertiary/aromatic N) is 1. The summed E-state index contributed by atoms with van der Waals surface area (Å²) in [6.07, 6.45) is -0.618. The Morgan fingerprint density at radius 2 is 2.27 bits per heavy atom. The Morgan fingerprint density at radius 1 is 1.50 bits per heavy atom. The van der Waals surface area contributed by atoms with Gasteiger partial charge in [-0.05, 0) is 24.6 Å². The summed E-state index contributed by atoms with van der Waals surface area (Å²) in [4.78, 5) is 23.3. The van der Waals surface area contributed by atoms with Crippen molar-refractivity contribution in [2.75, 3.05) is 6.54 Å². The topological polar surface area (TPSA) is 71.3 Å². The first kappa shape index (κ1) is 16.7. The van der Waals surface area contributed by atoms with E-state index in [9.17, 15) is 14.7 Å². The Labute approximate surface area is 137 Å². The third-order valence-corrected chi connectivity index (χ3v) is 4.38. The fourth-order valence-electron chi connectivity index (χ4n) is 2.02. The zero-order chi connectivity index (χ0) is 16.1. The van der Waals surface area contributed by atoms with Crippen LogP contribution >= 0.6 is 22.9 Å². The van der Waals surface area contributed by atoms with Crippen molar-refractivity contribution >= 4 is 28.8 Å². The number of thiazole rings is 1. The molecule has 0 aliphatic rings. The summed E-state index contributed by atoms with van der Waals surface area (Å²) in [5.41, 5.74) is 1.50. The number of hydrogen-bond acceptors (Lipinski definition) is 4. The molecule has 1 unspecified atom stereocenters. The van der Waals surface area contributed by atoms with Crippen molar-refractivity contribution < 1.29 is 9.90 Å². The average Bonchev–Trinajstić information content (AvgIpc) is 2.81. The highest BCUT2D eigenvalue weighted by atomic mass is 35.5. The SMILES string of the molecule is Cc1csc(=O)n1CCC(=O)NCC(O)c1cccc(Cl)c1. The lowest BCUT2D eigenvalue weighted by atomic mass is 10.1. The predicted octanol–water partition coefficient (Wildman–Crippen LogP) is 2.11. The molecule has 1 atom stereocenters. The molecule has 0 aliphatic carbocycles. The van der Waals surface area contributed by atoms with E-state index in [-0.39, 0.29) is 23.7 Å². The average molecular weight is 341 g/mol. The molecule has 5 nitrogen and oxygen atoms in total. The maximum Gasteiger partial charge on any atom is 0.307 e. The van der Waals surface area contributed by atoms with Crippen LogP contribution in [-0.4, -0.2) is 22.1 Å². The van der Waals surface area contributed by atoms with Crippen LogP contribution < -0.4 is 10.2 Å². The molecule has 0 aliphatic heterocycles. The van der Waals surface area contributed by atoms with E-state index in [1.807, 2.05) is 6.92 Å². The Bertz CT molecular complexity index is 711. The van der Waals surface area contributed by atoms with Crippen molar-refractivity contribution in [1.29, 1.82) is 0 Å². The van der Waals surface area contributed by atoms with Gasteiger partial charge >= 0.3 is 4.87 Å². The monoisotopic (exact) mass is 340 g/mol. The second kappa shape index (κ2) is 7.58. The third-order valence-electron chi connectivity index (χ3n) is 3.26. The minimum Gasteiger partial charge on any atom is -0.387 e. The van der Waals surface area contributed by atoms with Gasteiger partial charge in [-0.1, -0.05) is 35.1 Å². The Hall–Kier alpha value is -1.63. The molecule has 0 radical (unpaired) electrons. The number of aliphatic hydroxyl groups excluding tert-OH is 1. The van der Waals surface area contributed by atoms with Gasteiger partial charge in [-0.3, -0.25) is 9.59 Å². The van der Waals surface area contributed by atoms with E-state index in [4.69, 9.17) is 11.6 Å². The van der Waals surface area contributed by atoms with Crippen LogP contribution in [0.25, 0.3) is 0 Å². The van der Waals surface area contributed by atoms with E-state index in [0.717, 1.165) is 17.0 Å². The summed E-state index contributed by atoms with van der Waals surface area (Å²) >= 11 is 6.98. The first-order valence-corrected chi connectivity index (χ1v) is 8.08. The molecule has 1 amide bonds. The van der Waals surface area contributed by atoms with Gasteiger partial charge in [0.1, 0.15) is 0 Å². The maximum absolute atomic E-state index is 11.8. The zero-order valence-electron chi connectivity index (χ0n) is 12.1. The van der Waals surface area contributed by atoms with Crippen LogP contribution in [0.2, 0.25) is 5.02 Å². The largest absolute Gasteiger partial charge is 0.387 e. The molecule has 0 bridgehead atoms. The van der Waals surface area contributed by atoms with Crippen LogP contribution in [0.4, 0.5) is 0 Å². The van der Waals surface area contributed by atoms with Crippen molar-refractivity contribution in [1.82, 2.24) is 9.88 Å². The number of halogens is 1. The lowest BCUT2D eigenvalue weighted by Crippen LogP contribution is -2.30. The van der Waals surface area contributed by atoms with E-state index < -0.39 is 6.10 Å². The van der Waals surface area contributed by atoms with Gasteiger partial charge in [0.15, 0.2) is 0 Å². The van der Waals surface area contributed by atoms with Crippen LogP contribution in [-0.2, 0) is 11.3 Å². The molecular weight excluding hydrogens is 324 g/mol. The van der Waals surface area contributed by atoms with Gasteiger partial charge < -0.3 is 15.0 Å². The van der Waals surface area contributed by atoms with E-state index >= 15 is 0 Å². The Morgan fingerprint density at radius 3 is 2.91 bits per heavy atom. The summed E-state index contributed by atoms with van der Waals surface area (Å²) < 4.78 is 1.57. The van der Waals surface area contributed by atoms with Crippen molar-refractivity contribution in [2.24, 2.45) is 0 Å². The third kappa shape index (κ3) is 4.43. The number of hydrogen-bond donors (Lipinski definition) is 2. The predicted molar refractivity (Wildman–Crippen MR) is 87.4 cm³/mol. The summed E-state index contributed by atoms with van der Waals surface area (Å²) in [6.45, 7) is 2.28. The van der Waals surface area contributed by atoms with Gasteiger partial charge in [0.05, 0.1) is 6.10 Å². The number of benzene rings is 1. The molecule has 0 spiro atoms. The lowest BCUT2D eigenvalue weighted by molar-refractivity contribution is -0.121. The first-order chi connectivity index (χ1) is 10.5. The number of aryl methyl sites for hydroxylation is 1. The lowest BCUT2D eigenvalue weighted by Gasteiger charge is -2.13. The summed E-state index contributed by atoms with van der Waals surface area (Å²) in [6, 6.07) is 6.87. The number of nitrogens with one attached hydrogen (secondary N) is 1. The second-order valence-corrected chi connectivity index (χ2v) is 6.18. The molecule has 7 heteroatoms. The second-order valence-electron chi connectivity index (χ2n) is 4.92. The maximum atomic E-state index is 11.8. The molecule has 2 N–H and O–H groups in total. The number of rotatable bonds is 6. The number of carbonyl (C=O) groups is 1. The number of carbonyl (C=O) groups excluding carboxylic acids is 1. The van der Waals surface area contributed by atoms with Gasteiger partial charge in [0, 0.05) is 35.6 Å². The molecule has 0 saturated carbocycles. The molecule has 2 rings (SSSR count). The standard InChI is InChI=1S/C15H17ClN2O3S/c1-10-9-22-15(21)18(10)6-5-14(20)17-8-13(19)11-3-2-4-12(16)7-11/h2-4,7,9,13,19H,5-6,8H2,1H3,(H,17,20). The molecule has 1 aromatic carbocycles. The Balaban J connectivity index is 1.82. The fourth-order valence-corrected chi connectivity index (χ4v) is 2.98. The molecule has 22 heavy (non-hydrogen) atoms. The van der Waals surface area contributed by atoms with E-state index in [0.29, 0.717) is 17.1 Å². The van der Waals surface area contributed by atoms with Crippen molar-refractivity contribution in [3.05, 3.63) is 55.6 Å². The minimum absolute atomic E-state index is 0.0655. The molecular formula is C15H17ClN2O3S. The zero-order valence-corrected chi connectivity index (χ0v) is 13.7. The van der Waals surface area contributed by atoms with Gasteiger partial charge in [-0.25, -0.2) is 0 Å². The quantitative estimate of drug-likeness (QED) is 0.846. The number of aliphatic hydroxyl groups is 1.